The molecule has 0 radical (unpaired) electrons. The van der Waals surface area contributed by atoms with E-state index in [4.69, 9.17) is 19.9 Å². The van der Waals surface area contributed by atoms with Crippen LogP contribution in [0.15, 0.2) is 47.6 Å². The van der Waals surface area contributed by atoms with Crippen LogP contribution in [0, 0.1) is 0 Å². The summed E-state index contributed by atoms with van der Waals surface area (Å²) in [5.41, 5.74) is 8.82. The Balaban J connectivity index is 0.00000298. The van der Waals surface area contributed by atoms with Crippen molar-refractivity contribution in [2.75, 3.05) is 19.5 Å². The summed E-state index contributed by atoms with van der Waals surface area (Å²) >= 11 is 0. The molecule has 0 aliphatic carbocycles. The highest BCUT2D eigenvalue weighted by molar-refractivity contribution is 6.03. The normalized spacial score (nSPS) is 25.5. The first-order chi connectivity index (χ1) is 16.8. The summed E-state index contributed by atoms with van der Waals surface area (Å²) in [6.07, 6.45) is 7.95. The SMILES string of the molecule is CC.COC1CC/C=C(\C)C(OC(N)=O)C(OC)CC/C=C(\C)C(=O)Nc2cccc(c2)CCC1. The second-order valence-electron chi connectivity index (χ2n) is 8.53. The fraction of sp³-hybridized carbons (Fsp3) is 0.571. The average molecular weight is 489 g/mol. The van der Waals surface area contributed by atoms with Crippen LogP contribution in [0.25, 0.3) is 0 Å². The zero-order valence-corrected chi connectivity index (χ0v) is 22.3. The summed E-state index contributed by atoms with van der Waals surface area (Å²) < 4.78 is 16.7. The van der Waals surface area contributed by atoms with E-state index in [0.29, 0.717) is 18.4 Å². The number of fused-ring (bicyclic) bond motifs is 2. The van der Waals surface area contributed by atoms with Gasteiger partial charge >= 0.3 is 6.09 Å². The van der Waals surface area contributed by atoms with E-state index in [-0.39, 0.29) is 18.1 Å². The van der Waals surface area contributed by atoms with Crippen LogP contribution in [-0.4, -0.2) is 44.5 Å². The molecule has 0 saturated carbocycles. The fourth-order valence-corrected chi connectivity index (χ4v) is 4.10. The number of primary amides is 1. The maximum atomic E-state index is 12.6. The number of rotatable bonds is 3. The maximum Gasteiger partial charge on any atom is 0.405 e. The second kappa shape index (κ2) is 16.9. The zero-order chi connectivity index (χ0) is 26.2. The lowest BCUT2D eigenvalue weighted by atomic mass is 9.98. The summed E-state index contributed by atoms with van der Waals surface area (Å²) in [5, 5.41) is 2.97. The molecule has 1 aromatic carbocycles. The number of anilines is 1. The molecule has 3 atom stereocenters. The topological polar surface area (TPSA) is 99.9 Å². The molecule has 2 bridgehead atoms. The molecular weight excluding hydrogens is 444 g/mol. The summed E-state index contributed by atoms with van der Waals surface area (Å²) in [6.45, 7) is 7.71. The monoisotopic (exact) mass is 488 g/mol. The number of benzene rings is 1. The van der Waals surface area contributed by atoms with Crippen LogP contribution in [0.1, 0.15) is 71.8 Å². The van der Waals surface area contributed by atoms with Gasteiger partial charge in [0.1, 0.15) is 0 Å². The number of carbonyl (C=O) groups excluding carboxylic acids is 2. The van der Waals surface area contributed by atoms with Crippen LogP contribution in [-0.2, 0) is 25.4 Å². The highest BCUT2D eigenvalue weighted by atomic mass is 16.6. The molecule has 1 aliphatic rings. The van der Waals surface area contributed by atoms with E-state index in [0.717, 1.165) is 43.4 Å². The van der Waals surface area contributed by atoms with Crippen molar-refractivity contribution in [1.29, 1.82) is 0 Å². The number of allylic oxidation sites excluding steroid dienone is 2. The smallest absolute Gasteiger partial charge is 0.405 e. The minimum absolute atomic E-state index is 0.139. The fourth-order valence-electron chi connectivity index (χ4n) is 4.10. The number of hydrogen-bond acceptors (Lipinski definition) is 5. The van der Waals surface area contributed by atoms with Crippen LogP contribution < -0.4 is 11.1 Å². The van der Waals surface area contributed by atoms with Crippen molar-refractivity contribution in [2.45, 2.75) is 91.0 Å². The van der Waals surface area contributed by atoms with Crippen LogP contribution in [0.2, 0.25) is 0 Å². The number of nitrogens with one attached hydrogen (secondary N) is 1. The van der Waals surface area contributed by atoms with E-state index >= 15 is 0 Å². The Kier molecular flexibility index (Phi) is 14.7. The lowest BCUT2D eigenvalue weighted by Crippen LogP contribution is -2.35. The zero-order valence-electron chi connectivity index (χ0n) is 22.3. The first-order valence-corrected chi connectivity index (χ1v) is 12.6. The Morgan fingerprint density at radius 1 is 1.03 bits per heavy atom. The third kappa shape index (κ3) is 11.1. The Morgan fingerprint density at radius 3 is 2.40 bits per heavy atom. The quantitative estimate of drug-likeness (QED) is 0.513. The standard InChI is InChI=1S/C26H38N2O5.C2H6/c1-18-9-5-14-22(31-3)15-8-12-20-11-7-13-21(17-20)28-25(29)19(2)10-6-16-23(32-4)24(18)33-26(27)30;1-2/h7,9-11,13,17,22-24H,5-6,8,12,14-16H2,1-4H3,(H2,27,30)(H,28,29);1-2H3/b18-9+,19-10+;. The number of nitrogens with two attached hydrogens (primary N) is 1. The molecule has 196 valence electrons. The molecule has 2 rings (SSSR count). The third-order valence-corrected chi connectivity index (χ3v) is 6.06. The summed E-state index contributed by atoms with van der Waals surface area (Å²) in [6, 6.07) is 7.98. The molecule has 0 spiro atoms. The van der Waals surface area contributed by atoms with Crippen molar-refractivity contribution in [2.24, 2.45) is 5.73 Å². The van der Waals surface area contributed by atoms with Gasteiger partial charge in [0.2, 0.25) is 0 Å². The summed E-state index contributed by atoms with van der Waals surface area (Å²) in [7, 11) is 3.32. The number of ether oxygens (including phenoxy) is 3. The van der Waals surface area contributed by atoms with Gasteiger partial charge in [0.15, 0.2) is 6.10 Å². The summed E-state index contributed by atoms with van der Waals surface area (Å²) in [4.78, 5) is 24.2. The largest absolute Gasteiger partial charge is 0.439 e. The molecule has 2 amide bonds. The van der Waals surface area contributed by atoms with E-state index in [1.807, 2.05) is 45.0 Å². The van der Waals surface area contributed by atoms with E-state index in [2.05, 4.69) is 17.5 Å². The molecule has 7 nitrogen and oxygen atoms in total. The molecule has 0 saturated heterocycles. The highest BCUT2D eigenvalue weighted by Crippen LogP contribution is 2.22. The summed E-state index contributed by atoms with van der Waals surface area (Å²) in [5.74, 6) is -0.139. The van der Waals surface area contributed by atoms with Gasteiger partial charge in [-0.25, -0.2) is 4.79 Å². The lowest BCUT2D eigenvalue weighted by molar-refractivity contribution is -0.112. The Labute approximate surface area is 211 Å². The van der Waals surface area contributed by atoms with Crippen molar-refractivity contribution in [3.05, 3.63) is 53.1 Å². The Bertz CT molecular complexity index is 850. The number of carbonyl (C=O) groups is 2. The molecule has 7 heteroatoms. The van der Waals surface area contributed by atoms with E-state index in [1.165, 1.54) is 5.56 Å². The van der Waals surface area contributed by atoms with Gasteiger partial charge in [-0.3, -0.25) is 4.79 Å². The van der Waals surface area contributed by atoms with E-state index < -0.39 is 12.2 Å². The first-order valence-electron chi connectivity index (χ1n) is 12.6. The molecule has 3 unspecified atom stereocenters. The predicted octanol–water partition coefficient (Wildman–Crippen LogP) is 5.93. The first kappa shape index (κ1) is 30.4. The van der Waals surface area contributed by atoms with Crippen LogP contribution >= 0.6 is 0 Å². The number of aryl methyl sites for hydroxylation is 1. The Hall–Kier alpha value is -2.64. The number of methoxy groups -OCH3 is 2. The van der Waals surface area contributed by atoms with Crippen molar-refractivity contribution < 1.29 is 23.8 Å². The van der Waals surface area contributed by atoms with Gasteiger partial charge in [-0.15, -0.1) is 0 Å². The molecule has 0 fully saturated rings. The van der Waals surface area contributed by atoms with Crippen LogP contribution in [0.5, 0.6) is 0 Å². The van der Waals surface area contributed by atoms with E-state index in [1.54, 1.807) is 21.1 Å². The van der Waals surface area contributed by atoms with E-state index in [9.17, 15) is 9.59 Å². The average Bonchev–Trinajstić information content (AvgIpc) is 2.85. The molecule has 1 aliphatic heterocycles. The van der Waals surface area contributed by atoms with Gasteiger partial charge in [-0.2, -0.15) is 0 Å². The molecule has 35 heavy (non-hydrogen) atoms. The van der Waals surface area contributed by atoms with Gasteiger partial charge in [0.05, 0.1) is 12.2 Å². The molecule has 1 aromatic rings. The molecule has 0 aromatic heterocycles. The van der Waals surface area contributed by atoms with Crippen molar-refractivity contribution >= 4 is 17.7 Å². The molecule has 1 heterocycles. The van der Waals surface area contributed by atoms with Gasteiger partial charge < -0.3 is 25.3 Å². The van der Waals surface area contributed by atoms with Gasteiger partial charge in [-0.1, -0.05) is 38.1 Å². The maximum absolute atomic E-state index is 12.6. The number of amides is 2. The van der Waals surface area contributed by atoms with Gasteiger partial charge in [-0.05, 0) is 82.1 Å². The minimum Gasteiger partial charge on any atom is -0.439 e. The predicted molar refractivity (Wildman–Crippen MR) is 141 cm³/mol. The number of hydrogen-bond donors (Lipinski definition) is 2. The van der Waals surface area contributed by atoms with Crippen molar-refractivity contribution in [3.63, 3.8) is 0 Å². The van der Waals surface area contributed by atoms with Crippen molar-refractivity contribution in [3.8, 4) is 0 Å². The minimum atomic E-state index is -0.837. The molecule has 3 N–H and O–H groups in total. The van der Waals surface area contributed by atoms with Gasteiger partial charge in [0, 0.05) is 25.5 Å². The Morgan fingerprint density at radius 2 is 1.74 bits per heavy atom. The van der Waals surface area contributed by atoms with Crippen molar-refractivity contribution in [1.82, 2.24) is 0 Å². The molecular formula is C28H44N2O5. The third-order valence-electron chi connectivity index (χ3n) is 6.06. The second-order valence-corrected chi connectivity index (χ2v) is 8.53. The van der Waals surface area contributed by atoms with Crippen LogP contribution in [0.3, 0.4) is 0 Å². The van der Waals surface area contributed by atoms with Gasteiger partial charge in [0.25, 0.3) is 5.91 Å². The lowest BCUT2D eigenvalue weighted by Gasteiger charge is -2.26. The highest BCUT2D eigenvalue weighted by Gasteiger charge is 2.26. The van der Waals surface area contributed by atoms with Crippen LogP contribution in [0.4, 0.5) is 10.5 Å².